The number of nitrogens with one attached hydrogen (secondary N) is 1. The van der Waals surface area contributed by atoms with Crippen LogP contribution in [0.15, 0.2) is 12.1 Å². The Morgan fingerprint density at radius 2 is 1.61 bits per heavy atom. The van der Waals surface area contributed by atoms with Gasteiger partial charge in [0.25, 0.3) is 0 Å². The van der Waals surface area contributed by atoms with Crippen molar-refractivity contribution < 1.29 is 24.5 Å². The average molecular weight is 325 g/mol. The van der Waals surface area contributed by atoms with Crippen molar-refractivity contribution in [3.05, 3.63) is 28.8 Å². The number of aliphatic carboxylic acids is 2. The molecular formula is C17H27NO5. The Kier molecular flexibility index (Phi) is 10.4. The molecule has 0 bridgehead atoms. The summed E-state index contributed by atoms with van der Waals surface area (Å²) in [4.78, 5) is 18.2. The first-order chi connectivity index (χ1) is 10.8. The van der Waals surface area contributed by atoms with Crippen molar-refractivity contribution in [2.75, 3.05) is 19.7 Å². The number of hydrogen-bond donors (Lipinski definition) is 3. The average Bonchev–Trinajstić information content (AvgIpc) is 2.50. The van der Waals surface area contributed by atoms with E-state index in [1.165, 1.54) is 29.5 Å². The molecule has 6 heteroatoms. The lowest BCUT2D eigenvalue weighted by Crippen LogP contribution is -2.22. The fourth-order valence-electron chi connectivity index (χ4n) is 1.80. The van der Waals surface area contributed by atoms with Crippen molar-refractivity contribution in [1.29, 1.82) is 0 Å². The molecule has 1 aromatic rings. The number of carboxylic acids is 2. The summed E-state index contributed by atoms with van der Waals surface area (Å²) in [5, 5.41) is 18.2. The largest absolute Gasteiger partial charge is 0.492 e. The minimum Gasteiger partial charge on any atom is -0.492 e. The highest BCUT2D eigenvalue weighted by molar-refractivity contribution is 6.27. The van der Waals surface area contributed by atoms with Crippen LogP contribution < -0.4 is 10.1 Å². The van der Waals surface area contributed by atoms with E-state index in [2.05, 4.69) is 45.1 Å². The van der Waals surface area contributed by atoms with Gasteiger partial charge in [-0.2, -0.15) is 0 Å². The van der Waals surface area contributed by atoms with Crippen molar-refractivity contribution in [1.82, 2.24) is 5.32 Å². The van der Waals surface area contributed by atoms with Crippen LogP contribution in [0.4, 0.5) is 0 Å². The zero-order valence-electron chi connectivity index (χ0n) is 14.3. The monoisotopic (exact) mass is 325 g/mol. The molecule has 0 saturated heterocycles. The van der Waals surface area contributed by atoms with Gasteiger partial charge in [0, 0.05) is 6.54 Å². The summed E-state index contributed by atoms with van der Waals surface area (Å²) in [6, 6.07) is 4.28. The van der Waals surface area contributed by atoms with Gasteiger partial charge in [-0.05, 0) is 50.4 Å². The van der Waals surface area contributed by atoms with Crippen molar-refractivity contribution in [3.8, 4) is 5.75 Å². The second-order valence-corrected chi connectivity index (χ2v) is 5.22. The van der Waals surface area contributed by atoms with Crippen molar-refractivity contribution >= 4 is 11.9 Å². The Bertz CT molecular complexity index is 502. The Balaban J connectivity index is 0.000000688. The van der Waals surface area contributed by atoms with E-state index in [0.29, 0.717) is 0 Å². The second kappa shape index (κ2) is 11.5. The van der Waals surface area contributed by atoms with E-state index in [4.69, 9.17) is 24.5 Å². The molecule has 1 rings (SSSR count). The number of carboxylic acid groups (broad SMARTS) is 2. The normalized spacial score (nSPS) is 9.74. The molecule has 0 fully saturated rings. The van der Waals surface area contributed by atoms with Gasteiger partial charge in [0.15, 0.2) is 0 Å². The fourth-order valence-corrected chi connectivity index (χ4v) is 1.80. The van der Waals surface area contributed by atoms with E-state index < -0.39 is 11.9 Å². The van der Waals surface area contributed by atoms with E-state index >= 15 is 0 Å². The third-order valence-electron chi connectivity index (χ3n) is 3.29. The van der Waals surface area contributed by atoms with Crippen molar-refractivity contribution in [3.63, 3.8) is 0 Å². The van der Waals surface area contributed by atoms with Gasteiger partial charge in [0.2, 0.25) is 0 Å². The number of hydrogen-bond acceptors (Lipinski definition) is 4. The first kappa shape index (κ1) is 20.9. The zero-order chi connectivity index (χ0) is 17.8. The van der Waals surface area contributed by atoms with E-state index in [9.17, 15) is 0 Å². The molecular weight excluding hydrogens is 298 g/mol. The van der Waals surface area contributed by atoms with Crippen LogP contribution in [-0.4, -0.2) is 41.8 Å². The molecule has 23 heavy (non-hydrogen) atoms. The van der Waals surface area contributed by atoms with Gasteiger partial charge in [-0.1, -0.05) is 25.5 Å². The fraction of sp³-hybridized carbons (Fsp3) is 0.529. The van der Waals surface area contributed by atoms with Gasteiger partial charge in [-0.3, -0.25) is 0 Å². The SMILES string of the molecule is CCCCNCCOc1c(C)ccc(C)c1C.O=C(O)C(=O)O. The van der Waals surface area contributed by atoms with Crippen LogP contribution in [0.2, 0.25) is 0 Å². The topological polar surface area (TPSA) is 95.9 Å². The Morgan fingerprint density at radius 3 is 2.13 bits per heavy atom. The van der Waals surface area contributed by atoms with Crippen LogP contribution in [0.5, 0.6) is 5.75 Å². The minimum absolute atomic E-state index is 0.745. The lowest BCUT2D eigenvalue weighted by atomic mass is 10.1. The second-order valence-electron chi connectivity index (χ2n) is 5.22. The van der Waals surface area contributed by atoms with Crippen molar-refractivity contribution in [2.24, 2.45) is 0 Å². The molecule has 0 saturated carbocycles. The van der Waals surface area contributed by atoms with E-state index in [0.717, 1.165) is 25.4 Å². The highest BCUT2D eigenvalue weighted by Crippen LogP contribution is 2.25. The van der Waals surface area contributed by atoms with Crippen LogP contribution in [-0.2, 0) is 9.59 Å². The summed E-state index contributed by atoms with van der Waals surface area (Å²) in [5.41, 5.74) is 3.78. The maximum Gasteiger partial charge on any atom is 0.414 e. The van der Waals surface area contributed by atoms with Crippen LogP contribution in [0.3, 0.4) is 0 Å². The number of unbranched alkanes of at least 4 members (excludes halogenated alkanes) is 1. The Labute approximate surface area is 137 Å². The van der Waals surface area contributed by atoms with Gasteiger partial charge < -0.3 is 20.3 Å². The maximum atomic E-state index is 9.10. The summed E-state index contributed by atoms with van der Waals surface area (Å²) in [6.07, 6.45) is 2.48. The van der Waals surface area contributed by atoms with Gasteiger partial charge >= 0.3 is 11.9 Å². The smallest absolute Gasteiger partial charge is 0.414 e. The van der Waals surface area contributed by atoms with Crippen molar-refractivity contribution in [2.45, 2.75) is 40.5 Å². The number of aryl methyl sites for hydroxylation is 2. The zero-order valence-corrected chi connectivity index (χ0v) is 14.3. The van der Waals surface area contributed by atoms with Crippen LogP contribution in [0.1, 0.15) is 36.5 Å². The van der Waals surface area contributed by atoms with Crippen LogP contribution >= 0.6 is 0 Å². The molecule has 6 nitrogen and oxygen atoms in total. The Hall–Kier alpha value is -2.08. The molecule has 130 valence electrons. The quantitative estimate of drug-likeness (QED) is 0.527. The number of rotatable bonds is 7. The predicted molar refractivity (Wildman–Crippen MR) is 89.2 cm³/mol. The number of benzene rings is 1. The number of carbonyl (C=O) groups is 2. The van der Waals surface area contributed by atoms with Gasteiger partial charge in [0.1, 0.15) is 12.4 Å². The van der Waals surface area contributed by atoms with E-state index in [1.54, 1.807) is 0 Å². The molecule has 0 aliphatic heterocycles. The first-order valence-corrected chi connectivity index (χ1v) is 7.67. The van der Waals surface area contributed by atoms with Gasteiger partial charge in [-0.15, -0.1) is 0 Å². The lowest BCUT2D eigenvalue weighted by Gasteiger charge is -2.14. The molecule has 1 aromatic carbocycles. The van der Waals surface area contributed by atoms with E-state index in [1.807, 2.05) is 0 Å². The summed E-state index contributed by atoms with van der Waals surface area (Å²) < 4.78 is 5.87. The molecule has 3 N–H and O–H groups in total. The minimum atomic E-state index is -1.82. The molecule has 0 unspecified atom stereocenters. The molecule has 0 atom stereocenters. The predicted octanol–water partition coefficient (Wildman–Crippen LogP) is 2.54. The summed E-state index contributed by atoms with van der Waals surface area (Å²) in [7, 11) is 0. The summed E-state index contributed by atoms with van der Waals surface area (Å²) >= 11 is 0. The summed E-state index contributed by atoms with van der Waals surface area (Å²) in [5.74, 6) is -2.59. The third-order valence-corrected chi connectivity index (χ3v) is 3.29. The van der Waals surface area contributed by atoms with Crippen LogP contribution in [0, 0.1) is 20.8 Å². The first-order valence-electron chi connectivity index (χ1n) is 7.67. The highest BCUT2D eigenvalue weighted by Gasteiger charge is 2.05. The molecule has 0 aliphatic carbocycles. The lowest BCUT2D eigenvalue weighted by molar-refractivity contribution is -0.159. The molecule has 0 radical (unpaired) electrons. The van der Waals surface area contributed by atoms with E-state index in [-0.39, 0.29) is 0 Å². The highest BCUT2D eigenvalue weighted by atomic mass is 16.5. The molecule has 0 heterocycles. The molecule has 0 aromatic heterocycles. The molecule has 0 aliphatic rings. The third kappa shape index (κ3) is 8.83. The molecule has 0 amide bonds. The van der Waals surface area contributed by atoms with Gasteiger partial charge in [0.05, 0.1) is 0 Å². The van der Waals surface area contributed by atoms with Gasteiger partial charge in [-0.25, -0.2) is 9.59 Å². The standard InChI is InChI=1S/C15H25NO.C2H2O4/c1-5-6-9-16-10-11-17-15-13(3)8-7-12(2)14(15)4;3-1(4)2(5)6/h7-8,16H,5-6,9-11H2,1-4H3;(H,3,4)(H,5,6). The summed E-state index contributed by atoms with van der Waals surface area (Å²) in [6.45, 7) is 11.3. The number of ether oxygens (including phenoxy) is 1. The Morgan fingerprint density at radius 1 is 1.04 bits per heavy atom. The van der Waals surface area contributed by atoms with Crippen LogP contribution in [0.25, 0.3) is 0 Å². The maximum absolute atomic E-state index is 9.10. The molecule has 0 spiro atoms.